The first kappa shape index (κ1) is 16.6. The van der Waals surface area contributed by atoms with Gasteiger partial charge in [-0.25, -0.2) is 0 Å². The molecule has 0 bridgehead atoms. The summed E-state index contributed by atoms with van der Waals surface area (Å²) in [6.45, 7) is 8.17. The number of aryl methyl sites for hydroxylation is 2. The minimum absolute atomic E-state index is 0.577. The van der Waals surface area contributed by atoms with Gasteiger partial charge >= 0.3 is 0 Å². The molecule has 1 aromatic rings. The number of ether oxygens (including phenoxy) is 3. The molecule has 0 atom stereocenters. The molecule has 0 unspecified atom stereocenters. The molecule has 19 heavy (non-hydrogen) atoms. The standard InChI is InChI=1S/C13H23BrN2O3/c1-4-16-12(13(14)11(2)15-16)10-19-7-5-6-18-9-8-17-3/h4-10H2,1-3H3. The predicted octanol–water partition coefficient (Wildman–Crippen LogP) is 2.54. The zero-order chi connectivity index (χ0) is 14.1. The minimum atomic E-state index is 0.577. The van der Waals surface area contributed by atoms with Gasteiger partial charge in [0.05, 0.1) is 35.7 Å². The molecule has 0 saturated heterocycles. The third-order valence-electron chi connectivity index (χ3n) is 2.70. The Morgan fingerprint density at radius 1 is 1.16 bits per heavy atom. The monoisotopic (exact) mass is 334 g/mol. The van der Waals surface area contributed by atoms with Crippen LogP contribution in [0.5, 0.6) is 0 Å². The molecule has 0 spiro atoms. The Labute approximate surface area is 123 Å². The highest BCUT2D eigenvalue weighted by Crippen LogP contribution is 2.21. The topological polar surface area (TPSA) is 45.5 Å². The first-order chi connectivity index (χ1) is 9.20. The highest BCUT2D eigenvalue weighted by atomic mass is 79.9. The molecule has 1 heterocycles. The molecular formula is C13H23BrN2O3. The highest BCUT2D eigenvalue weighted by molar-refractivity contribution is 9.10. The summed E-state index contributed by atoms with van der Waals surface area (Å²) in [5.74, 6) is 0. The van der Waals surface area contributed by atoms with Gasteiger partial charge < -0.3 is 14.2 Å². The number of halogens is 1. The van der Waals surface area contributed by atoms with Crippen LogP contribution in [0.2, 0.25) is 0 Å². The summed E-state index contributed by atoms with van der Waals surface area (Å²) in [5.41, 5.74) is 2.10. The summed E-state index contributed by atoms with van der Waals surface area (Å²) >= 11 is 3.55. The lowest BCUT2D eigenvalue weighted by molar-refractivity contribution is 0.0471. The number of nitrogens with zero attached hydrogens (tertiary/aromatic N) is 2. The summed E-state index contributed by atoms with van der Waals surface area (Å²) in [4.78, 5) is 0. The van der Waals surface area contributed by atoms with Crippen LogP contribution in [0.3, 0.4) is 0 Å². The number of aromatic nitrogens is 2. The number of hydrogen-bond acceptors (Lipinski definition) is 4. The second kappa shape index (κ2) is 9.47. The molecule has 0 N–H and O–H groups in total. The van der Waals surface area contributed by atoms with E-state index in [0.717, 1.165) is 28.8 Å². The zero-order valence-electron chi connectivity index (χ0n) is 11.9. The molecule has 1 rings (SSSR count). The summed E-state index contributed by atoms with van der Waals surface area (Å²) in [5, 5.41) is 4.43. The fourth-order valence-corrected chi connectivity index (χ4v) is 2.08. The normalized spacial score (nSPS) is 11.2. The van der Waals surface area contributed by atoms with Gasteiger partial charge in [0, 0.05) is 26.9 Å². The Kier molecular flexibility index (Phi) is 8.29. The summed E-state index contributed by atoms with van der Waals surface area (Å²) in [6.07, 6.45) is 0.889. The van der Waals surface area contributed by atoms with E-state index in [0.29, 0.717) is 33.0 Å². The van der Waals surface area contributed by atoms with Gasteiger partial charge in [-0.3, -0.25) is 4.68 Å². The SMILES string of the molecule is CCn1nc(C)c(Br)c1COCCCOCCOC. The summed E-state index contributed by atoms with van der Waals surface area (Å²) in [6, 6.07) is 0. The Morgan fingerprint density at radius 3 is 2.58 bits per heavy atom. The van der Waals surface area contributed by atoms with Gasteiger partial charge in [-0.15, -0.1) is 0 Å². The van der Waals surface area contributed by atoms with Crippen LogP contribution in [0.25, 0.3) is 0 Å². The van der Waals surface area contributed by atoms with Gasteiger partial charge in [0.2, 0.25) is 0 Å². The van der Waals surface area contributed by atoms with Gasteiger partial charge in [0.15, 0.2) is 0 Å². The van der Waals surface area contributed by atoms with Crippen molar-refractivity contribution in [2.24, 2.45) is 0 Å². The molecular weight excluding hydrogens is 312 g/mol. The molecule has 0 aliphatic carbocycles. The van der Waals surface area contributed by atoms with E-state index in [4.69, 9.17) is 14.2 Å². The maximum atomic E-state index is 5.66. The zero-order valence-corrected chi connectivity index (χ0v) is 13.5. The Morgan fingerprint density at radius 2 is 1.89 bits per heavy atom. The lowest BCUT2D eigenvalue weighted by Gasteiger charge is -2.07. The maximum Gasteiger partial charge on any atom is 0.0896 e. The first-order valence-corrected chi connectivity index (χ1v) is 7.36. The smallest absolute Gasteiger partial charge is 0.0896 e. The molecule has 0 aromatic carbocycles. The van der Waals surface area contributed by atoms with Gasteiger partial charge in [-0.1, -0.05) is 0 Å². The van der Waals surface area contributed by atoms with Crippen molar-refractivity contribution in [3.63, 3.8) is 0 Å². The molecule has 0 aliphatic rings. The molecule has 0 saturated carbocycles. The molecule has 0 aliphatic heterocycles. The predicted molar refractivity (Wildman–Crippen MR) is 77.3 cm³/mol. The van der Waals surface area contributed by atoms with E-state index in [1.54, 1.807) is 7.11 Å². The lowest BCUT2D eigenvalue weighted by Crippen LogP contribution is -2.08. The number of rotatable bonds is 10. The van der Waals surface area contributed by atoms with E-state index in [1.807, 2.05) is 11.6 Å². The minimum Gasteiger partial charge on any atom is -0.382 e. The molecule has 0 radical (unpaired) electrons. The van der Waals surface area contributed by atoms with Crippen LogP contribution in [0.15, 0.2) is 4.47 Å². The van der Waals surface area contributed by atoms with Crippen molar-refractivity contribution >= 4 is 15.9 Å². The van der Waals surface area contributed by atoms with Crippen LogP contribution in [0.1, 0.15) is 24.7 Å². The number of methoxy groups -OCH3 is 1. The lowest BCUT2D eigenvalue weighted by atomic mass is 10.4. The van der Waals surface area contributed by atoms with Crippen LogP contribution in [-0.2, 0) is 27.4 Å². The van der Waals surface area contributed by atoms with E-state index < -0.39 is 0 Å². The van der Waals surface area contributed by atoms with Crippen molar-refractivity contribution in [2.75, 3.05) is 33.5 Å². The largest absolute Gasteiger partial charge is 0.382 e. The summed E-state index contributed by atoms with van der Waals surface area (Å²) < 4.78 is 18.9. The Balaban J connectivity index is 2.19. The molecule has 0 amide bonds. The highest BCUT2D eigenvalue weighted by Gasteiger charge is 2.11. The van der Waals surface area contributed by atoms with E-state index in [1.165, 1.54) is 0 Å². The average molecular weight is 335 g/mol. The van der Waals surface area contributed by atoms with Crippen LogP contribution >= 0.6 is 15.9 Å². The summed E-state index contributed by atoms with van der Waals surface area (Å²) in [7, 11) is 1.67. The van der Waals surface area contributed by atoms with Crippen molar-refractivity contribution in [3.8, 4) is 0 Å². The van der Waals surface area contributed by atoms with E-state index in [2.05, 4.69) is 28.0 Å². The van der Waals surface area contributed by atoms with Crippen LogP contribution in [0, 0.1) is 6.92 Å². The van der Waals surface area contributed by atoms with Crippen molar-refractivity contribution in [3.05, 3.63) is 15.9 Å². The quantitative estimate of drug-likeness (QED) is 0.617. The van der Waals surface area contributed by atoms with Crippen molar-refractivity contribution in [2.45, 2.75) is 33.4 Å². The van der Waals surface area contributed by atoms with Crippen molar-refractivity contribution in [1.29, 1.82) is 0 Å². The third kappa shape index (κ3) is 5.60. The Hall–Kier alpha value is -0.430. The van der Waals surface area contributed by atoms with Crippen molar-refractivity contribution in [1.82, 2.24) is 9.78 Å². The molecule has 6 heteroatoms. The van der Waals surface area contributed by atoms with Crippen LogP contribution in [0.4, 0.5) is 0 Å². The van der Waals surface area contributed by atoms with Gasteiger partial charge in [0.1, 0.15) is 0 Å². The fraction of sp³-hybridized carbons (Fsp3) is 0.769. The molecule has 0 fully saturated rings. The van der Waals surface area contributed by atoms with Gasteiger partial charge in [0.25, 0.3) is 0 Å². The Bertz CT molecular complexity index is 369. The van der Waals surface area contributed by atoms with E-state index >= 15 is 0 Å². The molecule has 110 valence electrons. The van der Waals surface area contributed by atoms with E-state index in [9.17, 15) is 0 Å². The second-order valence-electron chi connectivity index (χ2n) is 4.17. The maximum absolute atomic E-state index is 5.66. The van der Waals surface area contributed by atoms with Gasteiger partial charge in [-0.05, 0) is 36.2 Å². The van der Waals surface area contributed by atoms with E-state index in [-0.39, 0.29) is 0 Å². The second-order valence-corrected chi connectivity index (χ2v) is 4.97. The first-order valence-electron chi connectivity index (χ1n) is 6.56. The third-order valence-corrected chi connectivity index (χ3v) is 3.73. The van der Waals surface area contributed by atoms with Crippen LogP contribution < -0.4 is 0 Å². The fourth-order valence-electron chi connectivity index (χ4n) is 1.68. The van der Waals surface area contributed by atoms with Crippen LogP contribution in [-0.4, -0.2) is 43.3 Å². The average Bonchev–Trinajstić information content (AvgIpc) is 2.69. The molecule has 5 nitrogen and oxygen atoms in total. The van der Waals surface area contributed by atoms with Gasteiger partial charge in [-0.2, -0.15) is 5.10 Å². The van der Waals surface area contributed by atoms with Crippen molar-refractivity contribution < 1.29 is 14.2 Å². The molecule has 1 aromatic heterocycles. The number of hydrogen-bond donors (Lipinski definition) is 0.